The molecule has 3 aromatic rings. The molecular weight excluding hydrogens is 358 g/mol. The molecule has 0 unspecified atom stereocenters. The monoisotopic (exact) mass is 385 g/mol. The molecular formula is C19H27N7S. The average Bonchev–Trinajstić information content (AvgIpc) is 3.26. The van der Waals surface area contributed by atoms with Crippen LogP contribution in [0.4, 0.5) is 0 Å². The lowest BCUT2D eigenvalue weighted by atomic mass is 9.87. The van der Waals surface area contributed by atoms with E-state index >= 15 is 0 Å². The van der Waals surface area contributed by atoms with Gasteiger partial charge < -0.3 is 4.57 Å². The molecule has 0 aliphatic rings. The zero-order chi connectivity index (χ0) is 19.4. The lowest BCUT2D eigenvalue weighted by Gasteiger charge is -2.19. The molecule has 0 bridgehead atoms. The van der Waals surface area contributed by atoms with E-state index in [0.29, 0.717) is 5.75 Å². The van der Waals surface area contributed by atoms with Crippen LogP contribution in [0.15, 0.2) is 29.4 Å². The van der Waals surface area contributed by atoms with Crippen LogP contribution in [0.5, 0.6) is 0 Å². The Morgan fingerprint density at radius 1 is 1.00 bits per heavy atom. The van der Waals surface area contributed by atoms with Crippen LogP contribution in [0.2, 0.25) is 0 Å². The maximum absolute atomic E-state index is 4.44. The third kappa shape index (κ3) is 4.37. The number of hydrogen-bond acceptors (Lipinski definition) is 6. The molecule has 144 valence electrons. The summed E-state index contributed by atoms with van der Waals surface area (Å²) in [6, 6.07) is 8.62. The Bertz CT molecular complexity index is 874. The van der Waals surface area contributed by atoms with Gasteiger partial charge in [-0.1, -0.05) is 63.7 Å². The van der Waals surface area contributed by atoms with Gasteiger partial charge in [0.05, 0.1) is 5.75 Å². The van der Waals surface area contributed by atoms with Crippen molar-refractivity contribution in [2.24, 2.45) is 0 Å². The second-order valence-electron chi connectivity index (χ2n) is 7.48. The largest absolute Gasteiger partial charge is 0.302 e. The second kappa shape index (κ2) is 8.21. The Kier molecular flexibility index (Phi) is 5.94. The van der Waals surface area contributed by atoms with Gasteiger partial charge in [0.2, 0.25) is 0 Å². The molecule has 8 heteroatoms. The normalized spacial score (nSPS) is 11.9. The quantitative estimate of drug-likeness (QED) is 0.573. The number of benzene rings is 1. The summed E-state index contributed by atoms with van der Waals surface area (Å²) in [5.74, 6) is 2.44. The van der Waals surface area contributed by atoms with E-state index in [4.69, 9.17) is 0 Å². The number of rotatable bonds is 7. The summed E-state index contributed by atoms with van der Waals surface area (Å²) < 4.78 is 4.00. The molecule has 0 spiro atoms. The molecule has 0 saturated carbocycles. The number of aryl methyl sites for hydroxylation is 1. The van der Waals surface area contributed by atoms with Crippen LogP contribution in [0.1, 0.15) is 52.4 Å². The van der Waals surface area contributed by atoms with Crippen LogP contribution in [-0.4, -0.2) is 35.0 Å². The van der Waals surface area contributed by atoms with Crippen molar-refractivity contribution in [3.8, 4) is 11.4 Å². The summed E-state index contributed by atoms with van der Waals surface area (Å²) in [6.07, 6.45) is 1.00. The van der Waals surface area contributed by atoms with Gasteiger partial charge in [-0.05, 0) is 34.7 Å². The fraction of sp³-hybridized carbons (Fsp3) is 0.526. The number of tetrazole rings is 1. The van der Waals surface area contributed by atoms with Crippen LogP contribution < -0.4 is 0 Å². The first kappa shape index (κ1) is 19.5. The fourth-order valence-electron chi connectivity index (χ4n) is 2.85. The number of nitrogens with zero attached hydrogens (tertiary/aromatic N) is 7. The Hall–Kier alpha value is -2.22. The van der Waals surface area contributed by atoms with Crippen LogP contribution in [0, 0.1) is 0 Å². The van der Waals surface area contributed by atoms with Gasteiger partial charge in [0.25, 0.3) is 0 Å². The molecule has 3 rings (SSSR count). The fourth-order valence-corrected chi connectivity index (χ4v) is 3.79. The molecule has 0 atom stereocenters. The van der Waals surface area contributed by atoms with Crippen molar-refractivity contribution < 1.29 is 0 Å². The third-order valence-electron chi connectivity index (χ3n) is 4.41. The van der Waals surface area contributed by atoms with Gasteiger partial charge in [-0.25, -0.2) is 4.68 Å². The van der Waals surface area contributed by atoms with Gasteiger partial charge in [-0.3, -0.25) is 0 Å². The highest BCUT2D eigenvalue weighted by Gasteiger charge is 2.17. The third-order valence-corrected chi connectivity index (χ3v) is 5.38. The van der Waals surface area contributed by atoms with Crippen molar-refractivity contribution in [3.05, 3.63) is 35.7 Å². The van der Waals surface area contributed by atoms with E-state index in [0.717, 1.165) is 41.9 Å². The first-order chi connectivity index (χ1) is 12.9. The lowest BCUT2D eigenvalue weighted by molar-refractivity contribution is 0.564. The number of hydrogen-bond donors (Lipinski definition) is 0. The number of thioether (sulfide) groups is 1. The van der Waals surface area contributed by atoms with Crippen molar-refractivity contribution in [2.45, 2.75) is 70.5 Å². The lowest BCUT2D eigenvalue weighted by Crippen LogP contribution is -2.10. The van der Waals surface area contributed by atoms with Crippen LogP contribution in [0.3, 0.4) is 0 Å². The molecule has 0 fully saturated rings. The molecule has 7 nitrogen and oxygen atoms in total. The first-order valence-corrected chi connectivity index (χ1v) is 10.3. The Morgan fingerprint density at radius 3 is 2.37 bits per heavy atom. The minimum absolute atomic E-state index is 0.139. The van der Waals surface area contributed by atoms with Crippen molar-refractivity contribution in [1.29, 1.82) is 0 Å². The molecule has 0 N–H and O–H groups in total. The molecule has 27 heavy (non-hydrogen) atoms. The van der Waals surface area contributed by atoms with Crippen LogP contribution in [0.25, 0.3) is 11.4 Å². The molecule has 0 radical (unpaired) electrons. The Balaban J connectivity index is 1.79. The van der Waals surface area contributed by atoms with Crippen molar-refractivity contribution in [2.75, 3.05) is 0 Å². The summed E-state index contributed by atoms with van der Waals surface area (Å²) in [5, 5.41) is 21.7. The predicted molar refractivity (Wildman–Crippen MR) is 108 cm³/mol. The maximum Gasteiger partial charge on any atom is 0.191 e. The van der Waals surface area contributed by atoms with Gasteiger partial charge in [-0.15, -0.1) is 15.3 Å². The van der Waals surface area contributed by atoms with Gasteiger partial charge in [0.15, 0.2) is 16.8 Å². The molecule has 0 aliphatic heterocycles. The minimum atomic E-state index is 0.139. The predicted octanol–water partition coefficient (Wildman–Crippen LogP) is 3.95. The van der Waals surface area contributed by atoms with Crippen LogP contribution in [-0.2, 0) is 24.3 Å². The molecule has 2 heterocycles. The second-order valence-corrected chi connectivity index (χ2v) is 8.43. The SMILES string of the molecule is CCCn1nnnc1CSc1nnc(-c2ccc(C(C)(C)C)cc2)n1CC. The summed E-state index contributed by atoms with van der Waals surface area (Å²) >= 11 is 1.62. The smallest absolute Gasteiger partial charge is 0.191 e. The van der Waals surface area contributed by atoms with E-state index in [-0.39, 0.29) is 5.41 Å². The molecule has 1 aromatic carbocycles. The van der Waals surface area contributed by atoms with Gasteiger partial charge in [0.1, 0.15) is 0 Å². The van der Waals surface area contributed by atoms with E-state index < -0.39 is 0 Å². The van der Waals surface area contributed by atoms with E-state index in [9.17, 15) is 0 Å². The molecule has 0 amide bonds. The Morgan fingerprint density at radius 2 is 1.74 bits per heavy atom. The van der Waals surface area contributed by atoms with Gasteiger partial charge in [0, 0.05) is 18.7 Å². The van der Waals surface area contributed by atoms with Crippen molar-refractivity contribution in [1.82, 2.24) is 35.0 Å². The zero-order valence-electron chi connectivity index (χ0n) is 16.7. The molecule has 2 aromatic heterocycles. The average molecular weight is 386 g/mol. The molecule has 0 aliphatic carbocycles. The van der Waals surface area contributed by atoms with E-state index in [1.54, 1.807) is 11.8 Å². The summed E-state index contributed by atoms with van der Waals surface area (Å²) in [4.78, 5) is 0. The Labute approximate surface area is 164 Å². The minimum Gasteiger partial charge on any atom is -0.302 e. The van der Waals surface area contributed by atoms with E-state index in [1.165, 1.54) is 5.56 Å². The summed E-state index contributed by atoms with van der Waals surface area (Å²) in [7, 11) is 0. The van der Waals surface area contributed by atoms with Crippen molar-refractivity contribution in [3.63, 3.8) is 0 Å². The number of aromatic nitrogens is 7. The van der Waals surface area contributed by atoms with Crippen LogP contribution >= 0.6 is 11.8 Å². The topological polar surface area (TPSA) is 74.3 Å². The highest BCUT2D eigenvalue weighted by molar-refractivity contribution is 7.98. The standard InChI is InChI=1S/C19H27N7S/c1-6-12-26-16(20-23-24-26)13-27-18-22-21-17(25(18)7-2)14-8-10-15(11-9-14)19(3,4)5/h8-11H,6-7,12-13H2,1-5H3. The van der Waals surface area contributed by atoms with E-state index in [1.807, 2.05) is 4.68 Å². The van der Waals surface area contributed by atoms with Crippen molar-refractivity contribution >= 4 is 11.8 Å². The zero-order valence-corrected chi connectivity index (χ0v) is 17.5. The highest BCUT2D eigenvalue weighted by atomic mass is 32.2. The molecule has 0 saturated heterocycles. The summed E-state index contributed by atoms with van der Waals surface area (Å²) in [5.41, 5.74) is 2.53. The first-order valence-electron chi connectivity index (χ1n) is 9.36. The highest BCUT2D eigenvalue weighted by Crippen LogP contribution is 2.28. The van der Waals surface area contributed by atoms with Gasteiger partial charge >= 0.3 is 0 Å². The summed E-state index contributed by atoms with van der Waals surface area (Å²) in [6.45, 7) is 12.5. The van der Waals surface area contributed by atoms with Gasteiger partial charge in [-0.2, -0.15) is 0 Å². The maximum atomic E-state index is 4.44. The van der Waals surface area contributed by atoms with E-state index in [2.05, 4.69) is 89.2 Å².